The van der Waals surface area contributed by atoms with E-state index >= 15 is 0 Å². The predicted molar refractivity (Wildman–Crippen MR) is 95.6 cm³/mol. The number of benzene rings is 1. The molecule has 1 aromatic carbocycles. The third-order valence-corrected chi connectivity index (χ3v) is 5.72. The second-order valence-corrected chi connectivity index (χ2v) is 7.35. The van der Waals surface area contributed by atoms with Gasteiger partial charge in [-0.05, 0) is 50.3 Å². The highest BCUT2D eigenvalue weighted by atomic mass is 16.3. The summed E-state index contributed by atoms with van der Waals surface area (Å²) in [4.78, 5) is 2.51. The van der Waals surface area contributed by atoms with Gasteiger partial charge < -0.3 is 10.4 Å². The van der Waals surface area contributed by atoms with E-state index in [0.29, 0.717) is 23.7 Å². The van der Waals surface area contributed by atoms with Crippen LogP contribution in [0, 0.1) is 11.3 Å². The van der Waals surface area contributed by atoms with E-state index in [0.717, 1.165) is 38.8 Å². The molecular weight excluding hydrogens is 298 g/mol. The Morgan fingerprint density at radius 1 is 1.12 bits per heavy atom. The highest BCUT2D eigenvalue weighted by Crippen LogP contribution is 2.26. The van der Waals surface area contributed by atoms with Crippen molar-refractivity contribution in [3.8, 4) is 6.07 Å². The van der Waals surface area contributed by atoms with Crippen LogP contribution in [0.3, 0.4) is 0 Å². The van der Waals surface area contributed by atoms with Crippen LogP contribution in [0.4, 0.5) is 0 Å². The summed E-state index contributed by atoms with van der Waals surface area (Å²) in [5.41, 5.74) is 1.95. The first-order valence-corrected chi connectivity index (χ1v) is 9.35. The lowest BCUT2D eigenvalue weighted by Crippen LogP contribution is -2.51. The fourth-order valence-corrected chi connectivity index (χ4v) is 4.21. The average Bonchev–Trinajstić information content (AvgIpc) is 2.63. The summed E-state index contributed by atoms with van der Waals surface area (Å²) in [7, 11) is 0. The van der Waals surface area contributed by atoms with Crippen LogP contribution in [0.5, 0.6) is 0 Å². The fraction of sp³-hybridized carbons (Fsp3) is 0.650. The minimum Gasteiger partial charge on any atom is -0.391 e. The van der Waals surface area contributed by atoms with E-state index in [4.69, 9.17) is 5.26 Å². The molecule has 0 spiro atoms. The van der Waals surface area contributed by atoms with E-state index in [1.807, 2.05) is 24.3 Å². The molecule has 24 heavy (non-hydrogen) atoms. The Kier molecular flexibility index (Phi) is 5.89. The highest BCUT2D eigenvalue weighted by Gasteiger charge is 2.31. The molecule has 3 unspecified atom stereocenters. The van der Waals surface area contributed by atoms with Gasteiger partial charge in [-0.3, -0.25) is 4.90 Å². The molecule has 130 valence electrons. The average molecular weight is 327 g/mol. The quantitative estimate of drug-likeness (QED) is 0.892. The number of aliphatic hydroxyl groups excluding tert-OH is 1. The maximum atomic E-state index is 10.2. The molecular formula is C20H29N3O. The number of piperidine rings is 1. The summed E-state index contributed by atoms with van der Waals surface area (Å²) in [5, 5.41) is 22.9. The van der Waals surface area contributed by atoms with Crippen molar-refractivity contribution >= 4 is 0 Å². The summed E-state index contributed by atoms with van der Waals surface area (Å²) < 4.78 is 0. The van der Waals surface area contributed by atoms with E-state index in [1.165, 1.54) is 18.4 Å². The first-order valence-electron chi connectivity index (χ1n) is 9.35. The topological polar surface area (TPSA) is 59.3 Å². The van der Waals surface area contributed by atoms with Gasteiger partial charge in [-0.25, -0.2) is 0 Å². The van der Waals surface area contributed by atoms with E-state index < -0.39 is 0 Å². The molecule has 0 aromatic heterocycles. The number of likely N-dealkylation sites (tertiary alicyclic amines) is 1. The molecule has 1 aliphatic heterocycles. The predicted octanol–water partition coefficient (Wildman–Crippen LogP) is 2.98. The van der Waals surface area contributed by atoms with Crippen LogP contribution in [0.1, 0.15) is 62.6 Å². The summed E-state index contributed by atoms with van der Waals surface area (Å²) in [6.07, 6.45) is 6.72. The van der Waals surface area contributed by atoms with Crippen molar-refractivity contribution in [1.29, 1.82) is 5.26 Å². The zero-order valence-corrected chi connectivity index (χ0v) is 14.6. The normalized spacial score (nSPS) is 27.5. The number of hydrogen-bond acceptors (Lipinski definition) is 4. The Balaban J connectivity index is 1.48. The number of hydrogen-bond donors (Lipinski definition) is 2. The molecule has 4 heteroatoms. The largest absolute Gasteiger partial charge is 0.391 e. The number of aliphatic hydroxyl groups is 1. The van der Waals surface area contributed by atoms with E-state index in [-0.39, 0.29) is 6.10 Å². The van der Waals surface area contributed by atoms with E-state index in [2.05, 4.69) is 23.2 Å². The number of nitriles is 1. The van der Waals surface area contributed by atoms with Crippen LogP contribution >= 0.6 is 0 Å². The Morgan fingerprint density at radius 2 is 1.79 bits per heavy atom. The molecule has 1 saturated heterocycles. The van der Waals surface area contributed by atoms with Gasteiger partial charge in [-0.1, -0.05) is 25.0 Å². The monoisotopic (exact) mass is 327 g/mol. The second kappa shape index (κ2) is 8.11. The van der Waals surface area contributed by atoms with E-state index in [9.17, 15) is 5.11 Å². The first kappa shape index (κ1) is 17.4. The van der Waals surface area contributed by atoms with Crippen molar-refractivity contribution in [2.75, 3.05) is 13.1 Å². The van der Waals surface area contributed by atoms with E-state index in [1.54, 1.807) is 0 Å². The highest BCUT2D eigenvalue weighted by molar-refractivity contribution is 5.32. The van der Waals surface area contributed by atoms with Crippen LogP contribution in [-0.4, -0.2) is 41.3 Å². The first-order chi connectivity index (χ1) is 11.7. The van der Waals surface area contributed by atoms with Crippen molar-refractivity contribution in [2.24, 2.45) is 0 Å². The molecule has 1 aromatic rings. The second-order valence-electron chi connectivity index (χ2n) is 7.35. The van der Waals surface area contributed by atoms with Crippen molar-refractivity contribution in [2.45, 2.75) is 69.7 Å². The lowest BCUT2D eigenvalue weighted by molar-refractivity contribution is 0.00671. The summed E-state index contributed by atoms with van der Waals surface area (Å²) in [6.45, 7) is 4.36. The van der Waals surface area contributed by atoms with Crippen molar-refractivity contribution in [1.82, 2.24) is 10.2 Å². The van der Waals surface area contributed by atoms with Gasteiger partial charge in [0, 0.05) is 31.2 Å². The molecule has 1 saturated carbocycles. The summed E-state index contributed by atoms with van der Waals surface area (Å²) >= 11 is 0. The molecule has 0 bridgehead atoms. The van der Waals surface area contributed by atoms with Crippen LogP contribution < -0.4 is 5.32 Å². The standard InChI is InChI=1S/C20H29N3O/c1-15(17-8-6-16(14-21)7-9-17)22-18-10-12-23(13-11-18)19-4-2-3-5-20(19)24/h6-9,15,18-20,22,24H,2-5,10-13H2,1H3. The molecule has 0 radical (unpaired) electrons. The molecule has 2 N–H and O–H groups in total. The van der Waals surface area contributed by atoms with Crippen LogP contribution in [0.2, 0.25) is 0 Å². The van der Waals surface area contributed by atoms with Gasteiger partial charge in [-0.15, -0.1) is 0 Å². The Morgan fingerprint density at radius 3 is 2.42 bits per heavy atom. The summed E-state index contributed by atoms with van der Waals surface area (Å²) in [5.74, 6) is 0. The van der Waals surface area contributed by atoms with Crippen molar-refractivity contribution in [3.05, 3.63) is 35.4 Å². The van der Waals surface area contributed by atoms with Gasteiger partial charge in [0.15, 0.2) is 0 Å². The number of rotatable bonds is 4. The zero-order chi connectivity index (χ0) is 16.9. The Bertz CT molecular complexity index is 557. The van der Waals surface area contributed by atoms with Crippen molar-refractivity contribution < 1.29 is 5.11 Å². The Labute approximate surface area is 145 Å². The van der Waals surface area contributed by atoms with Gasteiger partial charge in [0.1, 0.15) is 0 Å². The molecule has 3 rings (SSSR count). The smallest absolute Gasteiger partial charge is 0.0991 e. The minimum absolute atomic E-state index is 0.124. The zero-order valence-electron chi connectivity index (χ0n) is 14.6. The van der Waals surface area contributed by atoms with Crippen LogP contribution in [-0.2, 0) is 0 Å². The molecule has 1 heterocycles. The van der Waals surface area contributed by atoms with Gasteiger partial charge in [0.05, 0.1) is 17.7 Å². The summed E-state index contributed by atoms with van der Waals surface area (Å²) in [6, 6.07) is 11.3. The number of nitrogens with one attached hydrogen (secondary N) is 1. The lowest BCUT2D eigenvalue weighted by Gasteiger charge is -2.42. The van der Waals surface area contributed by atoms with Crippen LogP contribution in [0.25, 0.3) is 0 Å². The fourth-order valence-electron chi connectivity index (χ4n) is 4.21. The third kappa shape index (κ3) is 4.16. The number of nitrogens with zero attached hydrogens (tertiary/aromatic N) is 2. The molecule has 0 amide bonds. The molecule has 1 aliphatic carbocycles. The van der Waals surface area contributed by atoms with Crippen molar-refractivity contribution in [3.63, 3.8) is 0 Å². The minimum atomic E-state index is -0.124. The van der Waals surface area contributed by atoms with Crippen LogP contribution in [0.15, 0.2) is 24.3 Å². The molecule has 3 atom stereocenters. The Hall–Kier alpha value is -1.41. The lowest BCUT2D eigenvalue weighted by atomic mass is 9.89. The molecule has 2 fully saturated rings. The van der Waals surface area contributed by atoms with Gasteiger partial charge >= 0.3 is 0 Å². The van der Waals surface area contributed by atoms with Gasteiger partial charge in [-0.2, -0.15) is 5.26 Å². The maximum absolute atomic E-state index is 10.2. The van der Waals surface area contributed by atoms with Gasteiger partial charge in [0.25, 0.3) is 0 Å². The molecule has 4 nitrogen and oxygen atoms in total. The molecule has 2 aliphatic rings. The third-order valence-electron chi connectivity index (χ3n) is 5.72. The maximum Gasteiger partial charge on any atom is 0.0991 e. The SMILES string of the molecule is CC(NC1CCN(C2CCCCC2O)CC1)c1ccc(C#N)cc1. The van der Waals surface area contributed by atoms with Gasteiger partial charge in [0.2, 0.25) is 0 Å².